The number of carbonyl (C=O) groups is 1. The predicted octanol–water partition coefficient (Wildman–Crippen LogP) is 4.71. The van der Waals surface area contributed by atoms with Crippen LogP contribution < -0.4 is 10.9 Å². The van der Waals surface area contributed by atoms with E-state index in [9.17, 15) is 15.0 Å². The lowest BCUT2D eigenvalue weighted by Crippen LogP contribution is -2.59. The number of fused-ring (bicyclic) bond motifs is 5. The number of hydrogen-bond acceptors (Lipinski definition) is 6. The van der Waals surface area contributed by atoms with Crippen molar-refractivity contribution >= 4 is 11.7 Å². The number of hydrogen-bond donors (Lipinski definition) is 4. The Hall–Kier alpha value is -2.31. The molecule has 5 rings (SSSR count). The maximum atomic E-state index is 12.4. The van der Waals surface area contributed by atoms with Gasteiger partial charge in [-0.1, -0.05) is 50.3 Å². The van der Waals surface area contributed by atoms with Crippen LogP contribution in [0.5, 0.6) is 0 Å². The Morgan fingerprint density at radius 1 is 1.14 bits per heavy atom. The van der Waals surface area contributed by atoms with Gasteiger partial charge in [-0.05, 0) is 80.2 Å². The highest BCUT2D eigenvalue weighted by Gasteiger charge is 2.69. The summed E-state index contributed by atoms with van der Waals surface area (Å²) in [7, 11) is 0. The van der Waals surface area contributed by atoms with Crippen molar-refractivity contribution < 1.29 is 19.7 Å². The van der Waals surface area contributed by atoms with Crippen LogP contribution in [0.15, 0.2) is 54.3 Å². The van der Waals surface area contributed by atoms with Crippen LogP contribution in [0.25, 0.3) is 0 Å². The molecule has 0 amide bonds. The van der Waals surface area contributed by atoms with Crippen molar-refractivity contribution in [1.82, 2.24) is 5.43 Å². The summed E-state index contributed by atoms with van der Waals surface area (Å²) in [6, 6.07) is 9.70. The third-order valence-corrected chi connectivity index (χ3v) is 10.2. The fraction of sp³-hybridized carbons (Fsp3) is 0.621. The number of esters is 1. The van der Waals surface area contributed by atoms with Crippen LogP contribution >= 0.6 is 0 Å². The molecule has 35 heavy (non-hydrogen) atoms. The monoisotopic (exact) mass is 480 g/mol. The first-order valence-electron chi connectivity index (χ1n) is 13.1. The average Bonchev–Trinajstić information content (AvgIpc) is 3.06. The maximum absolute atomic E-state index is 12.4. The Balaban J connectivity index is 1.46. The summed E-state index contributed by atoms with van der Waals surface area (Å²) in [5.41, 5.74) is 7.25. The SMILES string of the molecule is C=C(NNc1ccccc1)[C@]1(O)[C@@H](OC(C)=O)C[C@H]2[C@@H]3CC=C4C[C@H](O)CC[C@]4(C)[C@H]3CC[C@@]21C. The minimum absolute atomic E-state index is 0.102. The predicted molar refractivity (Wildman–Crippen MR) is 136 cm³/mol. The molecule has 0 aliphatic heterocycles. The van der Waals surface area contributed by atoms with E-state index in [-0.39, 0.29) is 23.4 Å². The second-order valence-electron chi connectivity index (χ2n) is 11.8. The van der Waals surface area contributed by atoms with Crippen LogP contribution in [0.3, 0.4) is 0 Å². The van der Waals surface area contributed by atoms with Crippen molar-refractivity contribution in [2.45, 2.75) is 83.5 Å². The lowest BCUT2D eigenvalue weighted by molar-refractivity contribution is -0.168. The molecule has 6 heteroatoms. The maximum Gasteiger partial charge on any atom is 0.303 e. The Morgan fingerprint density at radius 2 is 1.89 bits per heavy atom. The van der Waals surface area contributed by atoms with Crippen molar-refractivity contribution in [3.8, 4) is 0 Å². The molecule has 190 valence electrons. The van der Waals surface area contributed by atoms with E-state index in [1.807, 2.05) is 30.3 Å². The third-order valence-electron chi connectivity index (χ3n) is 10.2. The van der Waals surface area contributed by atoms with Gasteiger partial charge in [-0.15, -0.1) is 0 Å². The first-order chi connectivity index (χ1) is 16.6. The first-order valence-corrected chi connectivity index (χ1v) is 13.1. The zero-order chi connectivity index (χ0) is 25.0. The summed E-state index contributed by atoms with van der Waals surface area (Å²) >= 11 is 0. The molecule has 0 saturated heterocycles. The van der Waals surface area contributed by atoms with E-state index < -0.39 is 17.1 Å². The van der Waals surface area contributed by atoms with Crippen LogP contribution in [0, 0.1) is 28.6 Å². The van der Waals surface area contributed by atoms with E-state index in [0.717, 1.165) is 44.2 Å². The molecule has 0 heterocycles. The van der Waals surface area contributed by atoms with Crippen molar-refractivity contribution in [1.29, 1.82) is 0 Å². The van der Waals surface area contributed by atoms with Crippen molar-refractivity contribution in [2.24, 2.45) is 28.6 Å². The molecule has 1 aromatic carbocycles. The smallest absolute Gasteiger partial charge is 0.303 e. The zero-order valence-corrected chi connectivity index (χ0v) is 21.2. The Morgan fingerprint density at radius 3 is 2.60 bits per heavy atom. The van der Waals surface area contributed by atoms with Crippen LogP contribution in [-0.4, -0.2) is 34.0 Å². The van der Waals surface area contributed by atoms with Gasteiger partial charge in [-0.25, -0.2) is 0 Å². The molecule has 6 nitrogen and oxygen atoms in total. The van der Waals surface area contributed by atoms with E-state index in [4.69, 9.17) is 4.74 Å². The topological polar surface area (TPSA) is 90.8 Å². The average molecular weight is 481 g/mol. The molecule has 8 atom stereocenters. The molecular formula is C29H40N2O4. The van der Waals surface area contributed by atoms with Crippen LogP contribution in [0.1, 0.15) is 65.7 Å². The standard InChI is InChI=1S/C29H40N2O4/c1-18(30-31-21-8-6-5-7-9-21)29(34)26(35-19(2)32)17-25-23-11-10-20-16-22(33)12-14-27(20,3)24(23)13-15-28(25,29)4/h5-10,22-26,30-31,33-34H,1,11-17H2,2-4H3/t22-,23-,24+,25+,26+,27+,28+,29+/m1/s1. The fourth-order valence-electron chi connectivity index (χ4n) is 8.28. The van der Waals surface area contributed by atoms with Gasteiger partial charge in [0.25, 0.3) is 0 Å². The number of benzene rings is 1. The third kappa shape index (κ3) is 3.72. The highest BCUT2D eigenvalue weighted by molar-refractivity contribution is 5.66. The van der Waals surface area contributed by atoms with E-state index in [2.05, 4.69) is 37.4 Å². The van der Waals surface area contributed by atoms with Gasteiger partial charge >= 0.3 is 5.97 Å². The molecule has 4 aliphatic carbocycles. The van der Waals surface area contributed by atoms with Crippen LogP contribution in [-0.2, 0) is 9.53 Å². The molecule has 0 aromatic heterocycles. The quantitative estimate of drug-likeness (QED) is 0.277. The van der Waals surface area contributed by atoms with Crippen molar-refractivity contribution in [3.05, 3.63) is 54.3 Å². The minimum atomic E-state index is -1.40. The lowest BCUT2D eigenvalue weighted by Gasteiger charge is -2.59. The summed E-state index contributed by atoms with van der Waals surface area (Å²) < 4.78 is 5.82. The summed E-state index contributed by atoms with van der Waals surface area (Å²) in [4.78, 5) is 12.1. The summed E-state index contributed by atoms with van der Waals surface area (Å²) in [6.45, 7) is 10.2. The second-order valence-corrected chi connectivity index (χ2v) is 11.8. The highest BCUT2D eigenvalue weighted by Crippen LogP contribution is 2.68. The normalized spacial score (nSPS) is 42.1. The highest BCUT2D eigenvalue weighted by atomic mass is 16.6. The van der Waals surface area contributed by atoms with Gasteiger partial charge in [-0.2, -0.15) is 0 Å². The number of aliphatic hydroxyl groups is 2. The van der Waals surface area contributed by atoms with E-state index in [0.29, 0.717) is 24.0 Å². The zero-order valence-electron chi connectivity index (χ0n) is 21.2. The number of rotatable bonds is 5. The largest absolute Gasteiger partial charge is 0.459 e. The number of para-hydroxylation sites is 1. The van der Waals surface area contributed by atoms with Crippen molar-refractivity contribution in [3.63, 3.8) is 0 Å². The Labute approximate surface area is 208 Å². The fourth-order valence-corrected chi connectivity index (χ4v) is 8.28. The molecule has 3 saturated carbocycles. The van der Waals surface area contributed by atoms with Crippen molar-refractivity contribution in [2.75, 3.05) is 5.43 Å². The molecule has 0 bridgehead atoms. The molecule has 0 radical (unpaired) electrons. The van der Waals surface area contributed by atoms with Gasteiger partial charge in [0.15, 0.2) is 0 Å². The molecule has 0 unspecified atom stereocenters. The van der Waals surface area contributed by atoms with Gasteiger partial charge in [-0.3, -0.25) is 4.79 Å². The number of anilines is 1. The van der Waals surface area contributed by atoms with Gasteiger partial charge in [0, 0.05) is 12.3 Å². The lowest BCUT2D eigenvalue weighted by atomic mass is 9.47. The van der Waals surface area contributed by atoms with Gasteiger partial charge in [0.1, 0.15) is 11.7 Å². The minimum Gasteiger partial charge on any atom is -0.459 e. The number of aliphatic hydroxyl groups excluding tert-OH is 1. The van der Waals surface area contributed by atoms with E-state index in [1.54, 1.807) is 0 Å². The van der Waals surface area contributed by atoms with Gasteiger partial charge in [0.05, 0.1) is 17.5 Å². The molecule has 0 spiro atoms. The summed E-state index contributed by atoms with van der Waals surface area (Å²) in [5, 5.41) is 22.7. The Bertz CT molecular complexity index is 1020. The van der Waals surface area contributed by atoms with Gasteiger partial charge < -0.3 is 25.8 Å². The molecule has 4 aliphatic rings. The Kier molecular flexibility index (Phi) is 6.04. The van der Waals surface area contributed by atoms with Gasteiger partial charge in [0.2, 0.25) is 0 Å². The number of allylic oxidation sites excluding steroid dienone is 1. The van der Waals surface area contributed by atoms with Crippen LogP contribution in [0.4, 0.5) is 5.69 Å². The number of nitrogens with one attached hydrogen (secondary N) is 2. The molecule has 3 fully saturated rings. The first kappa shape index (κ1) is 24.4. The van der Waals surface area contributed by atoms with E-state index >= 15 is 0 Å². The second kappa shape index (κ2) is 8.67. The van der Waals surface area contributed by atoms with E-state index in [1.165, 1.54) is 12.5 Å². The number of hydrazine groups is 1. The number of carbonyl (C=O) groups excluding carboxylic acids is 1. The molecule has 1 aromatic rings. The summed E-state index contributed by atoms with van der Waals surface area (Å²) in [5.74, 6) is 0.735. The molecular weight excluding hydrogens is 440 g/mol. The number of ether oxygens (including phenoxy) is 1. The summed E-state index contributed by atoms with van der Waals surface area (Å²) in [6.07, 6.45) is 7.57. The molecule has 4 N–H and O–H groups in total. The van der Waals surface area contributed by atoms with Crippen LogP contribution in [0.2, 0.25) is 0 Å².